The number of nitrogens with zero attached hydrogens (tertiary/aromatic N) is 3. The van der Waals surface area contributed by atoms with Crippen LogP contribution < -0.4 is 25.0 Å². The van der Waals surface area contributed by atoms with Crippen LogP contribution in [0.25, 0.3) is 0 Å². The molecule has 0 unspecified atom stereocenters. The van der Waals surface area contributed by atoms with Crippen molar-refractivity contribution in [1.29, 1.82) is 0 Å². The van der Waals surface area contributed by atoms with Crippen LogP contribution >= 0.6 is 0 Å². The molecule has 1 aromatic carbocycles. The maximum absolute atomic E-state index is 12.5. The monoisotopic (exact) mass is 383 g/mol. The molecule has 0 saturated carbocycles. The molecule has 8 nitrogen and oxygen atoms in total. The van der Waals surface area contributed by atoms with Crippen LogP contribution in [-0.4, -0.2) is 55.3 Å². The first-order chi connectivity index (χ1) is 13.7. The molecule has 0 atom stereocenters. The molecule has 28 heavy (non-hydrogen) atoms. The molecule has 4 rings (SSSR count). The van der Waals surface area contributed by atoms with E-state index in [0.717, 1.165) is 30.5 Å². The minimum absolute atomic E-state index is 0.180. The fraction of sp³-hybridized carbons (Fsp3) is 0.450. The van der Waals surface area contributed by atoms with Crippen molar-refractivity contribution in [2.45, 2.75) is 19.8 Å². The van der Waals surface area contributed by atoms with Crippen molar-refractivity contribution in [2.24, 2.45) is 0 Å². The van der Waals surface area contributed by atoms with Gasteiger partial charge >= 0.3 is 0 Å². The van der Waals surface area contributed by atoms with E-state index in [2.05, 4.69) is 25.5 Å². The zero-order valence-electron chi connectivity index (χ0n) is 16.0. The van der Waals surface area contributed by atoms with Crippen molar-refractivity contribution < 1.29 is 14.3 Å². The first-order valence-corrected chi connectivity index (χ1v) is 9.72. The second-order valence-electron chi connectivity index (χ2n) is 6.87. The molecule has 0 radical (unpaired) electrons. The third-order valence-electron chi connectivity index (χ3n) is 4.78. The molecule has 1 aromatic heterocycles. The standard InChI is InChI=1S/C20H25N5O3/c1-14-23-17(13-18(24-14)25-9-2-3-10-25)21-7-8-22-20(26)15-5-4-6-16-19(15)28-12-11-27-16/h4-6,13H,2-3,7-12H2,1H3,(H,22,26)(H,21,23,24). The normalized spacial score (nSPS) is 15.4. The Kier molecular flexibility index (Phi) is 5.45. The van der Waals surface area contributed by atoms with Gasteiger partial charge in [-0.15, -0.1) is 0 Å². The molecule has 8 heteroatoms. The number of para-hydroxylation sites is 1. The summed E-state index contributed by atoms with van der Waals surface area (Å²) in [4.78, 5) is 23.8. The van der Waals surface area contributed by atoms with Gasteiger partial charge in [0, 0.05) is 32.2 Å². The van der Waals surface area contributed by atoms with Gasteiger partial charge in [0.2, 0.25) is 0 Å². The molecule has 1 fully saturated rings. The number of carbonyl (C=O) groups is 1. The van der Waals surface area contributed by atoms with Crippen LogP contribution in [0.4, 0.5) is 11.6 Å². The molecule has 0 aliphatic carbocycles. The maximum atomic E-state index is 12.5. The van der Waals surface area contributed by atoms with E-state index in [1.54, 1.807) is 12.1 Å². The van der Waals surface area contributed by atoms with Crippen LogP contribution in [0.5, 0.6) is 11.5 Å². The molecule has 2 aromatic rings. The topological polar surface area (TPSA) is 88.6 Å². The number of hydrogen-bond acceptors (Lipinski definition) is 7. The Bertz CT molecular complexity index is 852. The zero-order chi connectivity index (χ0) is 19.3. The van der Waals surface area contributed by atoms with Gasteiger partial charge in [0.25, 0.3) is 5.91 Å². The molecule has 148 valence electrons. The smallest absolute Gasteiger partial charge is 0.255 e. The van der Waals surface area contributed by atoms with Crippen molar-refractivity contribution in [3.05, 3.63) is 35.7 Å². The third kappa shape index (κ3) is 4.11. The Labute approximate surface area is 164 Å². The molecule has 3 heterocycles. The van der Waals surface area contributed by atoms with Crippen molar-refractivity contribution in [2.75, 3.05) is 49.6 Å². The minimum atomic E-state index is -0.180. The quantitative estimate of drug-likeness (QED) is 0.738. The first kappa shape index (κ1) is 18.3. The number of fused-ring (bicyclic) bond motifs is 1. The van der Waals surface area contributed by atoms with Gasteiger partial charge in [0.1, 0.15) is 30.7 Å². The van der Waals surface area contributed by atoms with E-state index in [9.17, 15) is 4.79 Å². The van der Waals surface area contributed by atoms with Crippen LogP contribution in [0.3, 0.4) is 0 Å². The van der Waals surface area contributed by atoms with E-state index in [4.69, 9.17) is 9.47 Å². The molecule has 0 bridgehead atoms. The molecule has 2 aliphatic heterocycles. The summed E-state index contributed by atoms with van der Waals surface area (Å²) >= 11 is 0. The summed E-state index contributed by atoms with van der Waals surface area (Å²) in [6, 6.07) is 7.32. The summed E-state index contributed by atoms with van der Waals surface area (Å²) in [5, 5.41) is 6.18. The highest BCUT2D eigenvalue weighted by Crippen LogP contribution is 2.33. The van der Waals surface area contributed by atoms with Crippen LogP contribution in [0.15, 0.2) is 24.3 Å². The van der Waals surface area contributed by atoms with E-state index in [1.165, 1.54) is 12.8 Å². The third-order valence-corrected chi connectivity index (χ3v) is 4.78. The molecule has 1 saturated heterocycles. The number of rotatable bonds is 6. The van der Waals surface area contributed by atoms with Gasteiger partial charge in [-0.25, -0.2) is 9.97 Å². The van der Waals surface area contributed by atoms with E-state index in [-0.39, 0.29) is 5.91 Å². The van der Waals surface area contributed by atoms with Gasteiger partial charge in [0.15, 0.2) is 11.5 Å². The Hall–Kier alpha value is -3.03. The van der Waals surface area contributed by atoms with E-state index in [0.29, 0.717) is 43.4 Å². The Morgan fingerprint density at radius 1 is 1.14 bits per heavy atom. The molecule has 1 amide bonds. The predicted octanol–water partition coefficient (Wildman–Crippen LogP) is 2.00. The SMILES string of the molecule is Cc1nc(NCCNC(=O)c2cccc3c2OCCO3)cc(N2CCCC2)n1. The molecule has 2 aliphatic rings. The van der Waals surface area contributed by atoms with Gasteiger partial charge in [-0.1, -0.05) is 6.07 Å². The lowest BCUT2D eigenvalue weighted by molar-refractivity contribution is 0.0944. The molecule has 0 spiro atoms. The van der Waals surface area contributed by atoms with Gasteiger partial charge < -0.3 is 25.0 Å². The first-order valence-electron chi connectivity index (χ1n) is 9.72. The summed E-state index contributed by atoms with van der Waals surface area (Å²) in [5.41, 5.74) is 0.492. The largest absolute Gasteiger partial charge is 0.486 e. The van der Waals surface area contributed by atoms with Gasteiger partial charge in [-0.2, -0.15) is 0 Å². The molecule has 2 N–H and O–H groups in total. The Balaban J connectivity index is 1.32. The van der Waals surface area contributed by atoms with Gasteiger partial charge in [-0.05, 0) is 31.9 Å². The number of benzene rings is 1. The number of nitrogens with one attached hydrogen (secondary N) is 2. The van der Waals surface area contributed by atoms with E-state index >= 15 is 0 Å². The number of hydrogen-bond donors (Lipinski definition) is 2. The number of ether oxygens (including phenoxy) is 2. The fourth-order valence-corrected chi connectivity index (χ4v) is 3.47. The van der Waals surface area contributed by atoms with Crippen molar-refractivity contribution in [1.82, 2.24) is 15.3 Å². The highest BCUT2D eigenvalue weighted by Gasteiger charge is 2.20. The number of amides is 1. The van der Waals surface area contributed by atoms with Crippen molar-refractivity contribution in [3.8, 4) is 11.5 Å². The maximum Gasteiger partial charge on any atom is 0.255 e. The lowest BCUT2D eigenvalue weighted by Crippen LogP contribution is -2.30. The summed E-state index contributed by atoms with van der Waals surface area (Å²) in [7, 11) is 0. The van der Waals surface area contributed by atoms with Crippen molar-refractivity contribution in [3.63, 3.8) is 0 Å². The number of anilines is 2. The van der Waals surface area contributed by atoms with Crippen LogP contribution in [0, 0.1) is 6.92 Å². The lowest BCUT2D eigenvalue weighted by Gasteiger charge is -2.20. The fourth-order valence-electron chi connectivity index (χ4n) is 3.47. The average molecular weight is 383 g/mol. The minimum Gasteiger partial charge on any atom is -0.486 e. The summed E-state index contributed by atoms with van der Waals surface area (Å²) < 4.78 is 11.1. The second kappa shape index (κ2) is 8.33. The van der Waals surface area contributed by atoms with Crippen molar-refractivity contribution >= 4 is 17.5 Å². The van der Waals surface area contributed by atoms with E-state index in [1.807, 2.05) is 19.1 Å². The van der Waals surface area contributed by atoms with Crippen LogP contribution in [0.1, 0.15) is 29.0 Å². The van der Waals surface area contributed by atoms with Gasteiger partial charge in [-0.3, -0.25) is 4.79 Å². The summed E-state index contributed by atoms with van der Waals surface area (Å²) in [6.45, 7) is 5.95. The zero-order valence-corrected chi connectivity index (χ0v) is 16.0. The summed E-state index contributed by atoms with van der Waals surface area (Å²) in [5.74, 6) is 3.43. The Morgan fingerprint density at radius 3 is 2.82 bits per heavy atom. The Morgan fingerprint density at radius 2 is 1.96 bits per heavy atom. The highest BCUT2D eigenvalue weighted by molar-refractivity contribution is 5.97. The molecular weight excluding hydrogens is 358 g/mol. The number of aryl methyl sites for hydroxylation is 1. The summed E-state index contributed by atoms with van der Waals surface area (Å²) in [6.07, 6.45) is 2.41. The lowest BCUT2D eigenvalue weighted by atomic mass is 10.1. The van der Waals surface area contributed by atoms with Crippen LogP contribution in [0.2, 0.25) is 0 Å². The number of carbonyl (C=O) groups excluding carboxylic acids is 1. The highest BCUT2D eigenvalue weighted by atomic mass is 16.6. The van der Waals surface area contributed by atoms with E-state index < -0.39 is 0 Å². The average Bonchev–Trinajstić information content (AvgIpc) is 3.25. The molecular formula is C20H25N5O3. The second-order valence-corrected chi connectivity index (χ2v) is 6.87. The van der Waals surface area contributed by atoms with Crippen LogP contribution in [-0.2, 0) is 0 Å². The predicted molar refractivity (Wildman–Crippen MR) is 106 cm³/mol. The van der Waals surface area contributed by atoms with Gasteiger partial charge in [0.05, 0.1) is 5.56 Å². The number of aromatic nitrogens is 2.